The second-order valence-corrected chi connectivity index (χ2v) is 45.4. The van der Waals surface area contributed by atoms with E-state index < -0.39 is 20.1 Å². The Bertz CT molecular complexity index is 545. The molecule has 26 heavy (non-hydrogen) atoms. The molecule has 0 saturated heterocycles. The minimum atomic E-state index is -2.38. The van der Waals surface area contributed by atoms with Crippen LogP contribution in [0.4, 0.5) is 0 Å². The molecule has 0 aromatic heterocycles. The third-order valence-corrected chi connectivity index (χ3v) is 63.8. The molecule has 150 valence electrons. The molecule has 1 unspecified atom stereocenters. The summed E-state index contributed by atoms with van der Waals surface area (Å²) >= 11 is 6.11. The van der Waals surface area contributed by atoms with E-state index >= 15 is 0 Å². The van der Waals surface area contributed by atoms with Gasteiger partial charge in [-0.3, -0.25) is 0 Å². The van der Waals surface area contributed by atoms with Crippen LogP contribution in [0, 0.1) is 0 Å². The van der Waals surface area contributed by atoms with E-state index in [1.54, 1.807) is 7.11 Å². The van der Waals surface area contributed by atoms with Crippen molar-refractivity contribution in [1.29, 1.82) is 0 Å². The van der Waals surface area contributed by atoms with Gasteiger partial charge in [-0.05, 0) is 0 Å². The number of hydrogen-bond acceptors (Lipinski definition) is 5. The Labute approximate surface area is 180 Å². The monoisotopic (exact) mass is 558 g/mol. The summed E-state index contributed by atoms with van der Waals surface area (Å²) < 4.78 is 6.67. The second-order valence-electron chi connectivity index (χ2n) is 6.26. The van der Waals surface area contributed by atoms with Crippen molar-refractivity contribution in [2.24, 2.45) is 0 Å². The molecule has 0 bridgehead atoms. The Kier molecular flexibility index (Phi) is 13.5. The molecule has 0 heterocycles. The van der Waals surface area contributed by atoms with Gasteiger partial charge >= 0.3 is 182 Å². The molecule has 0 aliphatic carbocycles. The summed E-state index contributed by atoms with van der Waals surface area (Å²) in [6.07, 6.45) is 5.38. The zero-order valence-corrected chi connectivity index (χ0v) is 24.0. The van der Waals surface area contributed by atoms with E-state index in [9.17, 15) is 0 Å². The summed E-state index contributed by atoms with van der Waals surface area (Å²) in [6.45, 7) is 9.27. The third kappa shape index (κ3) is 8.10. The van der Waals surface area contributed by atoms with Crippen LogP contribution in [-0.2, 0) is 11.8 Å². The Morgan fingerprint density at radius 1 is 0.962 bits per heavy atom. The average Bonchev–Trinajstić information content (AvgIpc) is 2.65. The molecule has 1 atom stereocenters. The second kappa shape index (κ2) is 13.7. The summed E-state index contributed by atoms with van der Waals surface area (Å²) in [7, 11) is 6.44. The first-order valence-electron chi connectivity index (χ1n) is 9.73. The average molecular weight is 557 g/mol. The van der Waals surface area contributed by atoms with E-state index in [4.69, 9.17) is 16.5 Å². The number of benzene rings is 1. The molecule has 0 fully saturated rings. The first-order valence-corrected chi connectivity index (χ1v) is 27.6. The molecule has 0 saturated carbocycles. The van der Waals surface area contributed by atoms with E-state index in [1.165, 1.54) is 45.6 Å². The van der Waals surface area contributed by atoms with Gasteiger partial charge in [-0.2, -0.15) is 0 Å². The molecule has 1 nitrogen and oxygen atoms in total. The molecule has 0 aliphatic rings. The van der Waals surface area contributed by atoms with Crippen molar-refractivity contribution >= 4 is 66.1 Å². The Morgan fingerprint density at radius 2 is 1.54 bits per heavy atom. The molecular formula is C19H35OPS4Sn. The molecule has 0 aliphatic heterocycles. The van der Waals surface area contributed by atoms with E-state index in [0.717, 1.165) is 11.5 Å². The Balaban J connectivity index is 3.21. The third-order valence-electron chi connectivity index (χ3n) is 4.20. The fourth-order valence-corrected chi connectivity index (χ4v) is 88.9. The van der Waals surface area contributed by atoms with Crippen LogP contribution in [0.3, 0.4) is 0 Å². The van der Waals surface area contributed by atoms with E-state index in [0.29, 0.717) is 0 Å². The topological polar surface area (TPSA) is 9.23 Å². The SMILES string of the molecule is CCC[CH2][Sn]([CH2]CCC)([S]CC)[S]P(=S)(SCC)c1ccc(OC)cc1. The number of hydrogen-bond donors (Lipinski definition) is 0. The van der Waals surface area contributed by atoms with E-state index in [1.807, 2.05) is 0 Å². The van der Waals surface area contributed by atoms with Crippen LogP contribution in [-0.4, -0.2) is 34.2 Å². The quantitative estimate of drug-likeness (QED) is 0.169. The molecule has 1 aromatic carbocycles. The normalized spacial score (nSPS) is 14.2. The maximum atomic E-state index is 6.45. The van der Waals surface area contributed by atoms with Crippen LogP contribution in [0.1, 0.15) is 53.4 Å². The maximum absolute atomic E-state index is 6.45. The van der Waals surface area contributed by atoms with Crippen LogP contribution < -0.4 is 10.0 Å². The molecule has 1 aromatic rings. The van der Waals surface area contributed by atoms with Gasteiger partial charge < -0.3 is 0 Å². The van der Waals surface area contributed by atoms with Gasteiger partial charge in [-0.15, -0.1) is 0 Å². The van der Waals surface area contributed by atoms with Crippen molar-refractivity contribution in [2.45, 2.75) is 62.3 Å². The zero-order valence-electron chi connectivity index (χ0n) is 17.0. The van der Waals surface area contributed by atoms with Gasteiger partial charge in [0.1, 0.15) is 0 Å². The van der Waals surface area contributed by atoms with Gasteiger partial charge in [0.05, 0.1) is 0 Å². The molecule has 0 N–H and O–H groups in total. The van der Waals surface area contributed by atoms with Crippen LogP contribution in [0.2, 0.25) is 8.87 Å². The number of ether oxygens (including phenoxy) is 1. The first kappa shape index (κ1) is 25.6. The number of unbranched alkanes of at least 4 members (excludes halogenated alkanes) is 2. The standard InChI is InChI=1S/C9H13OPS3.2C4H9.C2H6S.Sn/c1-3-14-11(12,13)9-6-4-8(10-2)5-7-9;2*1-3-4-2;1-2-3;/h4-7H,3H2,1-2H3,(H,12,13);2*1,3-4H2,2H3;3H,2H2,1H3;/q;;;;+2/p-2. The van der Waals surface area contributed by atoms with Crippen LogP contribution in [0.15, 0.2) is 24.3 Å². The van der Waals surface area contributed by atoms with E-state index in [-0.39, 0.29) is 0 Å². The molecular weight excluding hydrogens is 522 g/mol. The first-order chi connectivity index (χ1) is 12.5. The van der Waals surface area contributed by atoms with Crippen molar-refractivity contribution in [3.05, 3.63) is 24.3 Å². The van der Waals surface area contributed by atoms with Gasteiger partial charge in [0, 0.05) is 0 Å². The predicted octanol–water partition coefficient (Wildman–Crippen LogP) is 7.91. The molecule has 0 radical (unpaired) electrons. The molecule has 0 spiro atoms. The van der Waals surface area contributed by atoms with Gasteiger partial charge in [0.15, 0.2) is 0 Å². The van der Waals surface area contributed by atoms with Crippen molar-refractivity contribution in [3.8, 4) is 5.75 Å². The Morgan fingerprint density at radius 3 is 1.96 bits per heavy atom. The summed E-state index contributed by atoms with van der Waals surface area (Å²) in [5.41, 5.74) is 0. The molecule has 1 rings (SSSR count). The summed E-state index contributed by atoms with van der Waals surface area (Å²) in [6, 6.07) is 8.66. The zero-order chi connectivity index (χ0) is 19.5. The van der Waals surface area contributed by atoms with Crippen molar-refractivity contribution in [2.75, 3.05) is 18.6 Å². The summed E-state index contributed by atoms with van der Waals surface area (Å²) in [4.78, 5) is 0. The fourth-order valence-electron chi connectivity index (χ4n) is 2.85. The van der Waals surface area contributed by atoms with Crippen LogP contribution in [0.25, 0.3) is 0 Å². The van der Waals surface area contributed by atoms with Crippen LogP contribution in [0.5, 0.6) is 5.75 Å². The number of rotatable bonds is 14. The van der Waals surface area contributed by atoms with Gasteiger partial charge in [0.2, 0.25) is 0 Å². The van der Waals surface area contributed by atoms with Crippen molar-refractivity contribution in [1.82, 2.24) is 0 Å². The predicted molar refractivity (Wildman–Crippen MR) is 136 cm³/mol. The van der Waals surface area contributed by atoms with Gasteiger partial charge in [-0.25, -0.2) is 0 Å². The Hall–Kier alpha value is 1.52. The number of methoxy groups -OCH3 is 1. The summed E-state index contributed by atoms with van der Waals surface area (Å²) in [5, 5.41) is 1.39. The van der Waals surface area contributed by atoms with Crippen molar-refractivity contribution < 1.29 is 4.74 Å². The minimum absolute atomic E-state index is 0.927. The summed E-state index contributed by atoms with van der Waals surface area (Å²) in [5.74, 6) is 3.29. The molecule has 7 heteroatoms. The van der Waals surface area contributed by atoms with E-state index in [2.05, 4.69) is 80.9 Å². The fraction of sp³-hybridized carbons (Fsp3) is 0.684. The van der Waals surface area contributed by atoms with Gasteiger partial charge in [0.25, 0.3) is 0 Å². The van der Waals surface area contributed by atoms with Crippen LogP contribution >= 0.6 is 33.3 Å². The van der Waals surface area contributed by atoms with Gasteiger partial charge in [-0.1, -0.05) is 0 Å². The molecule has 0 amide bonds. The van der Waals surface area contributed by atoms with Crippen molar-refractivity contribution in [3.63, 3.8) is 0 Å².